The van der Waals surface area contributed by atoms with Gasteiger partial charge in [-0.05, 0) is 42.3 Å². The second-order valence-electron chi connectivity index (χ2n) is 7.43. The van der Waals surface area contributed by atoms with E-state index in [0.29, 0.717) is 6.54 Å². The molecule has 0 saturated heterocycles. The average molecular weight is 394 g/mol. The van der Waals surface area contributed by atoms with Gasteiger partial charge in [0.1, 0.15) is 0 Å². The largest absolute Gasteiger partial charge is 0.382 e. The Morgan fingerprint density at radius 3 is 2.90 bits per heavy atom. The molecule has 148 valence electrons. The fourth-order valence-corrected chi connectivity index (χ4v) is 3.71. The van der Waals surface area contributed by atoms with E-state index in [1.807, 2.05) is 49.1 Å². The van der Waals surface area contributed by atoms with E-state index in [1.54, 1.807) is 6.20 Å². The molecule has 5 rings (SSSR count). The lowest BCUT2D eigenvalue weighted by atomic mass is 10.1. The molecule has 0 unspecified atom stereocenters. The number of anilines is 1. The molecule has 6 heteroatoms. The third kappa shape index (κ3) is 3.73. The molecule has 4 heterocycles. The van der Waals surface area contributed by atoms with Gasteiger partial charge in [0.2, 0.25) is 0 Å². The lowest BCUT2D eigenvalue weighted by Gasteiger charge is -2.14. The van der Waals surface area contributed by atoms with E-state index in [4.69, 9.17) is 10.7 Å². The van der Waals surface area contributed by atoms with Crippen molar-refractivity contribution in [3.8, 4) is 11.3 Å². The van der Waals surface area contributed by atoms with Gasteiger partial charge >= 0.3 is 0 Å². The van der Waals surface area contributed by atoms with Crippen LogP contribution >= 0.6 is 0 Å². The number of nitrogens with one attached hydrogen (secondary N) is 2. The lowest BCUT2D eigenvalue weighted by Crippen LogP contribution is -2.31. The summed E-state index contributed by atoms with van der Waals surface area (Å²) in [5.41, 5.74) is 12.5. The van der Waals surface area contributed by atoms with E-state index in [9.17, 15) is 0 Å². The topological polar surface area (TPSA) is 92.5 Å². The Balaban J connectivity index is 1.28. The highest BCUT2D eigenvalue weighted by Crippen LogP contribution is 2.23. The fraction of sp³-hybridized carbons (Fsp3) is 0.125. The SMILES string of the molecule is N[C@@H](CNc1cncc(-c2ccc3cnccc3n2)c1)Cc1c[nH]c2ccccc12. The molecule has 0 bridgehead atoms. The van der Waals surface area contributed by atoms with Gasteiger partial charge in [-0.1, -0.05) is 18.2 Å². The monoisotopic (exact) mass is 394 g/mol. The summed E-state index contributed by atoms with van der Waals surface area (Å²) < 4.78 is 0. The summed E-state index contributed by atoms with van der Waals surface area (Å²) in [7, 11) is 0. The fourth-order valence-electron chi connectivity index (χ4n) is 3.71. The number of aromatic nitrogens is 4. The molecule has 1 aromatic carbocycles. The zero-order chi connectivity index (χ0) is 20.3. The van der Waals surface area contributed by atoms with Crippen LogP contribution in [0, 0.1) is 0 Å². The van der Waals surface area contributed by atoms with Gasteiger partial charge in [-0.15, -0.1) is 0 Å². The van der Waals surface area contributed by atoms with Crippen LogP contribution < -0.4 is 11.1 Å². The summed E-state index contributed by atoms with van der Waals surface area (Å²) in [6, 6.07) is 16.3. The summed E-state index contributed by atoms with van der Waals surface area (Å²) in [4.78, 5) is 16.5. The molecule has 0 saturated carbocycles. The normalized spacial score (nSPS) is 12.3. The van der Waals surface area contributed by atoms with Gasteiger partial charge in [0.25, 0.3) is 0 Å². The van der Waals surface area contributed by atoms with Crippen molar-refractivity contribution in [1.29, 1.82) is 0 Å². The number of H-pyrrole nitrogens is 1. The zero-order valence-corrected chi connectivity index (χ0v) is 16.4. The minimum absolute atomic E-state index is 0.0147. The highest BCUT2D eigenvalue weighted by Gasteiger charge is 2.09. The first-order chi connectivity index (χ1) is 14.8. The smallest absolute Gasteiger partial charge is 0.0740 e. The summed E-state index contributed by atoms with van der Waals surface area (Å²) >= 11 is 0. The number of para-hydroxylation sites is 1. The number of pyridine rings is 3. The zero-order valence-electron chi connectivity index (χ0n) is 16.4. The van der Waals surface area contributed by atoms with Crippen molar-refractivity contribution in [2.45, 2.75) is 12.5 Å². The second kappa shape index (κ2) is 7.93. The summed E-state index contributed by atoms with van der Waals surface area (Å²) in [6.45, 7) is 0.654. The molecule has 0 amide bonds. The van der Waals surface area contributed by atoms with Crippen LogP contribution in [0.1, 0.15) is 5.56 Å². The van der Waals surface area contributed by atoms with Crippen molar-refractivity contribution in [2.24, 2.45) is 5.73 Å². The third-order valence-electron chi connectivity index (χ3n) is 5.25. The number of hydrogen-bond acceptors (Lipinski definition) is 5. The maximum absolute atomic E-state index is 6.40. The number of rotatable bonds is 6. The molecule has 1 atom stereocenters. The predicted octanol–water partition coefficient (Wildman–Crippen LogP) is 4.16. The van der Waals surface area contributed by atoms with Crippen molar-refractivity contribution >= 4 is 27.5 Å². The number of fused-ring (bicyclic) bond motifs is 2. The third-order valence-corrected chi connectivity index (χ3v) is 5.25. The lowest BCUT2D eigenvalue weighted by molar-refractivity contribution is 0.702. The Labute approximate surface area is 174 Å². The molecule has 0 aliphatic carbocycles. The number of aromatic amines is 1. The number of nitrogens with zero attached hydrogens (tertiary/aromatic N) is 3. The first-order valence-corrected chi connectivity index (χ1v) is 9.97. The highest BCUT2D eigenvalue weighted by atomic mass is 14.9. The Morgan fingerprint density at radius 1 is 1.00 bits per heavy atom. The van der Waals surface area contributed by atoms with Crippen LogP contribution in [0.2, 0.25) is 0 Å². The molecule has 0 radical (unpaired) electrons. The minimum Gasteiger partial charge on any atom is -0.382 e. The molecular formula is C24H22N6. The van der Waals surface area contributed by atoms with Gasteiger partial charge in [-0.25, -0.2) is 4.98 Å². The number of hydrogen-bond donors (Lipinski definition) is 3. The standard InChI is InChI=1S/C24H22N6/c25-19(9-17-13-29-24-4-2-1-3-21(17)24)14-28-20-10-18(12-27-15-20)22-6-5-16-11-26-8-7-23(16)30-22/h1-8,10-13,15,19,28-29H,9,14,25H2/t19-/m1/s1. The van der Waals surface area contributed by atoms with E-state index in [2.05, 4.69) is 44.5 Å². The van der Waals surface area contributed by atoms with E-state index in [1.165, 1.54) is 10.9 Å². The van der Waals surface area contributed by atoms with Gasteiger partial charge in [0.05, 0.1) is 16.9 Å². The van der Waals surface area contributed by atoms with Crippen LogP contribution in [0.15, 0.2) is 79.5 Å². The van der Waals surface area contributed by atoms with Crippen LogP contribution in [0.3, 0.4) is 0 Å². The number of benzene rings is 1. The van der Waals surface area contributed by atoms with Crippen molar-refractivity contribution in [3.05, 3.63) is 85.1 Å². The Hall–Kier alpha value is -3.77. The summed E-state index contributed by atoms with van der Waals surface area (Å²) in [5.74, 6) is 0. The van der Waals surface area contributed by atoms with E-state index >= 15 is 0 Å². The maximum Gasteiger partial charge on any atom is 0.0740 e. The molecule has 4 N–H and O–H groups in total. The van der Waals surface area contributed by atoms with Crippen molar-refractivity contribution in [2.75, 3.05) is 11.9 Å². The molecule has 0 aliphatic rings. The predicted molar refractivity (Wildman–Crippen MR) is 121 cm³/mol. The Kier molecular flexibility index (Phi) is 4.83. The summed E-state index contributed by atoms with van der Waals surface area (Å²) in [6.07, 6.45) is 10.1. The Bertz CT molecular complexity index is 1310. The van der Waals surface area contributed by atoms with Crippen LogP contribution in [-0.4, -0.2) is 32.5 Å². The van der Waals surface area contributed by atoms with Gasteiger partial charge in [-0.3, -0.25) is 9.97 Å². The van der Waals surface area contributed by atoms with Crippen LogP contribution in [0.5, 0.6) is 0 Å². The molecule has 5 aromatic rings. The highest BCUT2D eigenvalue weighted by molar-refractivity contribution is 5.83. The van der Waals surface area contributed by atoms with Crippen molar-refractivity contribution < 1.29 is 0 Å². The molecular weight excluding hydrogens is 372 g/mol. The van der Waals surface area contributed by atoms with E-state index in [0.717, 1.165) is 39.8 Å². The second-order valence-corrected chi connectivity index (χ2v) is 7.43. The quantitative estimate of drug-likeness (QED) is 0.402. The van der Waals surface area contributed by atoms with Gasteiger partial charge in [0.15, 0.2) is 0 Å². The van der Waals surface area contributed by atoms with E-state index in [-0.39, 0.29) is 6.04 Å². The van der Waals surface area contributed by atoms with Crippen molar-refractivity contribution in [1.82, 2.24) is 19.9 Å². The molecule has 6 nitrogen and oxygen atoms in total. The molecule has 0 spiro atoms. The first-order valence-electron chi connectivity index (χ1n) is 9.97. The first kappa shape index (κ1) is 18.3. The summed E-state index contributed by atoms with van der Waals surface area (Å²) in [5, 5.41) is 5.67. The molecule has 30 heavy (non-hydrogen) atoms. The van der Waals surface area contributed by atoms with Crippen LogP contribution in [0.25, 0.3) is 33.1 Å². The molecule has 0 aliphatic heterocycles. The molecule has 4 aromatic heterocycles. The van der Waals surface area contributed by atoms with Crippen LogP contribution in [-0.2, 0) is 6.42 Å². The minimum atomic E-state index is -0.0147. The maximum atomic E-state index is 6.40. The van der Waals surface area contributed by atoms with Crippen molar-refractivity contribution in [3.63, 3.8) is 0 Å². The molecule has 0 fully saturated rings. The van der Waals surface area contributed by atoms with Crippen LogP contribution in [0.4, 0.5) is 5.69 Å². The average Bonchev–Trinajstić information content (AvgIpc) is 3.20. The van der Waals surface area contributed by atoms with E-state index < -0.39 is 0 Å². The van der Waals surface area contributed by atoms with Gasteiger partial charge in [0, 0.05) is 65.4 Å². The number of nitrogens with two attached hydrogens (primary N) is 1. The Morgan fingerprint density at radius 2 is 1.93 bits per heavy atom. The van der Waals surface area contributed by atoms with Gasteiger partial charge < -0.3 is 16.0 Å². The van der Waals surface area contributed by atoms with Gasteiger partial charge in [-0.2, -0.15) is 0 Å².